The van der Waals surface area contributed by atoms with Crippen molar-refractivity contribution in [1.82, 2.24) is 24.1 Å². The number of hydrogen-bond acceptors (Lipinski definition) is 6. The van der Waals surface area contributed by atoms with Gasteiger partial charge in [-0.25, -0.2) is 18.1 Å². The van der Waals surface area contributed by atoms with E-state index in [4.69, 9.17) is 11.6 Å². The molecule has 1 saturated heterocycles. The van der Waals surface area contributed by atoms with E-state index in [2.05, 4.69) is 20.5 Å². The fourth-order valence-corrected chi connectivity index (χ4v) is 4.33. The molecular formula is C22H22ClFN6O2S. The molecule has 4 rings (SSSR count). The van der Waals surface area contributed by atoms with Gasteiger partial charge < -0.3 is 10.6 Å². The topological polar surface area (TPSA) is 91.3 Å². The van der Waals surface area contributed by atoms with Crippen molar-refractivity contribution in [2.24, 2.45) is 0 Å². The van der Waals surface area contributed by atoms with Crippen LogP contribution in [-0.2, 0) is 16.1 Å². The second-order valence-electron chi connectivity index (χ2n) is 7.48. The molecular weight excluding hydrogens is 467 g/mol. The molecule has 0 bridgehead atoms. The lowest BCUT2D eigenvalue weighted by Gasteiger charge is -2.34. The number of nitrogens with one attached hydrogen (secondary N) is 3. The van der Waals surface area contributed by atoms with Crippen molar-refractivity contribution in [3.8, 4) is 5.69 Å². The van der Waals surface area contributed by atoms with Gasteiger partial charge in [-0.3, -0.25) is 9.59 Å². The van der Waals surface area contributed by atoms with Crippen LogP contribution in [0.2, 0.25) is 5.02 Å². The van der Waals surface area contributed by atoms with Crippen LogP contribution >= 0.6 is 23.7 Å². The van der Waals surface area contributed by atoms with Crippen LogP contribution in [-0.4, -0.2) is 45.0 Å². The number of aromatic nitrogens is 2. The average molecular weight is 489 g/mol. The van der Waals surface area contributed by atoms with Gasteiger partial charge >= 0.3 is 0 Å². The third-order valence-corrected chi connectivity index (χ3v) is 6.37. The van der Waals surface area contributed by atoms with Crippen LogP contribution in [0.15, 0.2) is 60.8 Å². The molecule has 2 heterocycles. The number of amides is 2. The fraction of sp³-hybridized carbons (Fsp3) is 0.227. The summed E-state index contributed by atoms with van der Waals surface area (Å²) in [6, 6.07) is 14.3. The van der Waals surface area contributed by atoms with E-state index in [0.717, 1.165) is 11.4 Å². The summed E-state index contributed by atoms with van der Waals surface area (Å²) in [6.07, 6.45) is 2.09. The lowest BCUT2D eigenvalue weighted by Crippen LogP contribution is -2.54. The predicted molar refractivity (Wildman–Crippen MR) is 126 cm³/mol. The SMILES string of the molecule is CN1SNC(C(=O)NCc2ccn(-c3ccccc3)n2)CC1C(=O)Nc1ccc(F)c(Cl)c1. The maximum Gasteiger partial charge on any atom is 0.242 e. The lowest BCUT2D eigenvalue weighted by molar-refractivity contribution is -0.124. The van der Waals surface area contributed by atoms with Crippen molar-refractivity contribution in [2.75, 3.05) is 12.4 Å². The largest absolute Gasteiger partial charge is 0.349 e. The van der Waals surface area contributed by atoms with Gasteiger partial charge in [-0.2, -0.15) is 5.10 Å². The van der Waals surface area contributed by atoms with Crippen LogP contribution < -0.4 is 15.4 Å². The average Bonchev–Trinajstić information content (AvgIpc) is 3.30. The summed E-state index contributed by atoms with van der Waals surface area (Å²) in [6.45, 7) is 0.266. The van der Waals surface area contributed by atoms with Crippen LogP contribution in [0.5, 0.6) is 0 Å². The molecule has 1 aliphatic rings. The summed E-state index contributed by atoms with van der Waals surface area (Å²) in [5, 5.41) is 10.0. The number of anilines is 1. The van der Waals surface area contributed by atoms with E-state index in [9.17, 15) is 14.0 Å². The number of carbonyl (C=O) groups excluding carboxylic acids is 2. The third kappa shape index (κ3) is 5.72. The quantitative estimate of drug-likeness (QED) is 0.462. The second kappa shape index (κ2) is 10.3. The summed E-state index contributed by atoms with van der Waals surface area (Å²) < 4.78 is 19.9. The van der Waals surface area contributed by atoms with E-state index in [-0.39, 0.29) is 29.8 Å². The number of halogens is 2. The Balaban J connectivity index is 1.33. The minimum Gasteiger partial charge on any atom is -0.349 e. The normalized spacial score (nSPS) is 18.6. The van der Waals surface area contributed by atoms with Crippen LogP contribution in [0.4, 0.5) is 10.1 Å². The van der Waals surface area contributed by atoms with Gasteiger partial charge in [0.25, 0.3) is 0 Å². The molecule has 1 fully saturated rings. The molecule has 0 aliphatic carbocycles. The maximum atomic E-state index is 13.4. The standard InChI is InChI=1S/C22H22ClFN6O2S/c1-29-20(22(32)26-14-7-8-18(24)17(23)11-14)12-19(28-33-29)21(31)25-13-15-9-10-30(27-15)16-5-3-2-4-6-16/h2-11,19-20,28H,12-13H2,1H3,(H,25,31)(H,26,32). The molecule has 8 nitrogen and oxygen atoms in total. The highest BCUT2D eigenvalue weighted by Gasteiger charge is 2.35. The highest BCUT2D eigenvalue weighted by molar-refractivity contribution is 7.95. The number of nitrogens with zero attached hydrogens (tertiary/aromatic N) is 3. The Morgan fingerprint density at radius 1 is 1.21 bits per heavy atom. The Kier molecular flexibility index (Phi) is 7.29. The van der Waals surface area contributed by atoms with Gasteiger partial charge in [0.05, 0.1) is 29.0 Å². The van der Waals surface area contributed by atoms with E-state index in [1.165, 1.54) is 30.3 Å². The zero-order valence-electron chi connectivity index (χ0n) is 17.7. The predicted octanol–water partition coefficient (Wildman–Crippen LogP) is 3.15. The molecule has 0 radical (unpaired) electrons. The molecule has 33 heavy (non-hydrogen) atoms. The maximum absolute atomic E-state index is 13.4. The molecule has 2 amide bonds. The molecule has 0 saturated carbocycles. The Morgan fingerprint density at radius 3 is 2.76 bits per heavy atom. The summed E-state index contributed by atoms with van der Waals surface area (Å²) in [5.41, 5.74) is 2.04. The van der Waals surface area contributed by atoms with Crippen LogP contribution in [0, 0.1) is 5.82 Å². The van der Waals surface area contributed by atoms with Gasteiger partial charge in [0, 0.05) is 24.0 Å². The number of carbonyl (C=O) groups is 2. The Labute approximate surface area is 199 Å². The molecule has 0 spiro atoms. The van der Waals surface area contributed by atoms with Crippen molar-refractivity contribution in [3.05, 3.63) is 77.3 Å². The first-order valence-corrected chi connectivity index (χ1v) is 11.3. The van der Waals surface area contributed by atoms with Crippen LogP contribution in [0.3, 0.4) is 0 Å². The van der Waals surface area contributed by atoms with Crippen LogP contribution in [0.25, 0.3) is 5.69 Å². The summed E-state index contributed by atoms with van der Waals surface area (Å²) in [5.74, 6) is -1.10. The van der Waals surface area contributed by atoms with E-state index in [1.807, 2.05) is 42.6 Å². The molecule has 1 aliphatic heterocycles. The molecule has 3 aromatic rings. The van der Waals surface area contributed by atoms with Gasteiger partial charge in [0.15, 0.2) is 0 Å². The smallest absolute Gasteiger partial charge is 0.242 e. The lowest BCUT2D eigenvalue weighted by atomic mass is 10.1. The summed E-state index contributed by atoms with van der Waals surface area (Å²) in [4.78, 5) is 25.5. The zero-order chi connectivity index (χ0) is 23.4. The van der Waals surface area contributed by atoms with Crippen molar-refractivity contribution in [2.45, 2.75) is 25.0 Å². The van der Waals surface area contributed by atoms with E-state index in [0.29, 0.717) is 5.69 Å². The minimum absolute atomic E-state index is 0.0761. The number of para-hydroxylation sites is 1. The minimum atomic E-state index is -0.576. The number of benzene rings is 2. The zero-order valence-corrected chi connectivity index (χ0v) is 19.2. The van der Waals surface area contributed by atoms with Gasteiger partial charge in [0.2, 0.25) is 11.8 Å². The first kappa shape index (κ1) is 23.2. The highest BCUT2D eigenvalue weighted by Crippen LogP contribution is 2.24. The van der Waals surface area contributed by atoms with Gasteiger partial charge in [-0.15, -0.1) is 0 Å². The Hall–Kier alpha value is -2.92. The number of likely N-dealkylation sites (N-methyl/N-ethyl adjacent to an activating group) is 1. The van der Waals surface area contributed by atoms with Gasteiger partial charge in [-0.1, -0.05) is 29.8 Å². The molecule has 3 N–H and O–H groups in total. The molecule has 172 valence electrons. The van der Waals surface area contributed by atoms with E-state index >= 15 is 0 Å². The number of rotatable bonds is 6. The summed E-state index contributed by atoms with van der Waals surface area (Å²) >= 11 is 6.97. The Morgan fingerprint density at radius 2 is 2.00 bits per heavy atom. The first-order chi connectivity index (χ1) is 15.9. The third-order valence-electron chi connectivity index (χ3n) is 5.15. The highest BCUT2D eigenvalue weighted by atomic mass is 35.5. The van der Waals surface area contributed by atoms with E-state index in [1.54, 1.807) is 16.0 Å². The second-order valence-corrected chi connectivity index (χ2v) is 8.88. The first-order valence-electron chi connectivity index (χ1n) is 10.2. The Bertz CT molecular complexity index is 1140. The molecule has 2 unspecified atom stereocenters. The molecule has 11 heteroatoms. The molecule has 1 aromatic heterocycles. The van der Waals surface area contributed by atoms with Crippen molar-refractivity contribution < 1.29 is 14.0 Å². The van der Waals surface area contributed by atoms with Crippen LogP contribution in [0.1, 0.15) is 12.1 Å². The molecule has 2 aromatic carbocycles. The van der Waals surface area contributed by atoms with Crippen molar-refractivity contribution in [1.29, 1.82) is 0 Å². The van der Waals surface area contributed by atoms with E-state index < -0.39 is 17.9 Å². The fourth-order valence-electron chi connectivity index (χ4n) is 3.34. The van der Waals surface area contributed by atoms with Gasteiger partial charge in [-0.05, 0) is 49.9 Å². The summed E-state index contributed by atoms with van der Waals surface area (Å²) in [7, 11) is 1.75. The van der Waals surface area contributed by atoms with Crippen molar-refractivity contribution >= 4 is 41.2 Å². The number of hydrogen-bond donors (Lipinski definition) is 3. The molecule has 2 atom stereocenters. The van der Waals surface area contributed by atoms with Crippen molar-refractivity contribution in [3.63, 3.8) is 0 Å². The monoisotopic (exact) mass is 488 g/mol. The van der Waals surface area contributed by atoms with Gasteiger partial charge in [0.1, 0.15) is 11.9 Å².